The van der Waals surface area contributed by atoms with E-state index < -0.39 is 12.4 Å². The van der Waals surface area contributed by atoms with Crippen molar-refractivity contribution in [2.75, 3.05) is 0 Å². The van der Waals surface area contributed by atoms with Gasteiger partial charge in [-0.05, 0) is 12.3 Å². The SMILES string of the molecule is CCC[C@H](C)[C@H]1OC(O)[C@H](O)[C@@H]1C. The van der Waals surface area contributed by atoms with E-state index in [-0.39, 0.29) is 12.0 Å². The lowest BCUT2D eigenvalue weighted by atomic mass is 9.89. The summed E-state index contributed by atoms with van der Waals surface area (Å²) in [6, 6.07) is 0. The average Bonchev–Trinajstić information content (AvgIpc) is 2.33. The highest BCUT2D eigenvalue weighted by molar-refractivity contribution is 4.85. The second-order valence-electron chi connectivity index (χ2n) is 4.11. The van der Waals surface area contributed by atoms with E-state index in [0.717, 1.165) is 12.8 Å². The van der Waals surface area contributed by atoms with E-state index >= 15 is 0 Å². The molecule has 1 saturated heterocycles. The van der Waals surface area contributed by atoms with E-state index in [9.17, 15) is 10.2 Å². The van der Waals surface area contributed by atoms with E-state index in [1.54, 1.807) is 0 Å². The van der Waals surface area contributed by atoms with E-state index in [2.05, 4.69) is 13.8 Å². The number of aliphatic hydroxyl groups excluding tert-OH is 2. The first-order valence-electron chi connectivity index (χ1n) is 5.09. The first-order chi connectivity index (χ1) is 6.07. The van der Waals surface area contributed by atoms with E-state index in [0.29, 0.717) is 5.92 Å². The fourth-order valence-corrected chi connectivity index (χ4v) is 2.09. The van der Waals surface area contributed by atoms with Crippen LogP contribution in [0.4, 0.5) is 0 Å². The molecule has 0 saturated carbocycles. The lowest BCUT2D eigenvalue weighted by Crippen LogP contribution is -2.27. The zero-order valence-electron chi connectivity index (χ0n) is 8.60. The van der Waals surface area contributed by atoms with Crippen LogP contribution >= 0.6 is 0 Å². The molecule has 0 radical (unpaired) electrons. The van der Waals surface area contributed by atoms with E-state index in [1.807, 2.05) is 6.92 Å². The Balaban J connectivity index is 2.52. The van der Waals surface area contributed by atoms with Crippen molar-refractivity contribution in [2.24, 2.45) is 11.8 Å². The van der Waals surface area contributed by atoms with Crippen molar-refractivity contribution in [3.8, 4) is 0 Å². The number of aliphatic hydroxyl groups is 2. The molecule has 0 aromatic rings. The molecule has 0 aromatic carbocycles. The summed E-state index contributed by atoms with van der Waals surface area (Å²) in [5, 5.41) is 18.8. The van der Waals surface area contributed by atoms with Crippen LogP contribution in [0.2, 0.25) is 0 Å². The molecule has 0 amide bonds. The molecule has 0 bridgehead atoms. The number of ether oxygens (including phenoxy) is 1. The Morgan fingerprint density at radius 2 is 2.00 bits per heavy atom. The summed E-state index contributed by atoms with van der Waals surface area (Å²) in [6.45, 7) is 6.16. The van der Waals surface area contributed by atoms with Crippen LogP contribution in [0.3, 0.4) is 0 Å². The lowest BCUT2D eigenvalue weighted by Gasteiger charge is -2.21. The largest absolute Gasteiger partial charge is 0.387 e. The van der Waals surface area contributed by atoms with Gasteiger partial charge >= 0.3 is 0 Å². The van der Waals surface area contributed by atoms with Crippen LogP contribution < -0.4 is 0 Å². The molecule has 1 aliphatic heterocycles. The second-order valence-corrected chi connectivity index (χ2v) is 4.11. The molecule has 3 nitrogen and oxygen atoms in total. The predicted molar refractivity (Wildman–Crippen MR) is 50.1 cm³/mol. The van der Waals surface area contributed by atoms with Crippen LogP contribution in [-0.4, -0.2) is 28.7 Å². The minimum absolute atomic E-state index is 0.00458. The van der Waals surface area contributed by atoms with Crippen LogP contribution in [0.15, 0.2) is 0 Å². The van der Waals surface area contributed by atoms with Gasteiger partial charge in [0, 0.05) is 5.92 Å². The van der Waals surface area contributed by atoms with Crippen molar-refractivity contribution >= 4 is 0 Å². The quantitative estimate of drug-likeness (QED) is 0.698. The van der Waals surface area contributed by atoms with Crippen molar-refractivity contribution in [3.05, 3.63) is 0 Å². The molecule has 1 fully saturated rings. The highest BCUT2D eigenvalue weighted by atomic mass is 16.6. The van der Waals surface area contributed by atoms with Gasteiger partial charge in [-0.1, -0.05) is 27.2 Å². The average molecular weight is 188 g/mol. The van der Waals surface area contributed by atoms with Gasteiger partial charge in [0.15, 0.2) is 6.29 Å². The monoisotopic (exact) mass is 188 g/mol. The summed E-state index contributed by atoms with van der Waals surface area (Å²) in [5.41, 5.74) is 0. The van der Waals surface area contributed by atoms with Crippen LogP contribution in [-0.2, 0) is 4.74 Å². The van der Waals surface area contributed by atoms with Crippen LogP contribution in [0, 0.1) is 11.8 Å². The van der Waals surface area contributed by atoms with Gasteiger partial charge in [-0.25, -0.2) is 0 Å². The van der Waals surface area contributed by atoms with Gasteiger partial charge in [0.25, 0.3) is 0 Å². The minimum Gasteiger partial charge on any atom is -0.387 e. The summed E-state index contributed by atoms with van der Waals surface area (Å²) >= 11 is 0. The highest BCUT2D eigenvalue weighted by Gasteiger charge is 2.41. The molecule has 1 aliphatic rings. The van der Waals surface area contributed by atoms with E-state index in [1.165, 1.54) is 0 Å². The summed E-state index contributed by atoms with van der Waals surface area (Å²) in [5.74, 6) is 0.448. The molecular weight excluding hydrogens is 168 g/mol. The first-order valence-corrected chi connectivity index (χ1v) is 5.09. The third kappa shape index (κ3) is 2.22. The Kier molecular flexibility index (Phi) is 3.71. The van der Waals surface area contributed by atoms with E-state index in [4.69, 9.17) is 4.74 Å². The Bertz CT molecular complexity index is 160. The van der Waals surface area contributed by atoms with Gasteiger partial charge in [-0.2, -0.15) is 0 Å². The summed E-state index contributed by atoms with van der Waals surface area (Å²) in [6.07, 6.45) is 0.488. The number of hydrogen-bond donors (Lipinski definition) is 2. The van der Waals surface area contributed by atoms with Gasteiger partial charge in [0.2, 0.25) is 0 Å². The zero-order valence-corrected chi connectivity index (χ0v) is 8.60. The predicted octanol–water partition coefficient (Wildman–Crippen LogP) is 1.14. The molecule has 1 rings (SSSR count). The zero-order chi connectivity index (χ0) is 10.0. The van der Waals surface area contributed by atoms with Gasteiger partial charge in [-0.15, -0.1) is 0 Å². The molecule has 0 spiro atoms. The molecule has 78 valence electrons. The van der Waals surface area contributed by atoms with Gasteiger partial charge in [0.05, 0.1) is 6.10 Å². The van der Waals surface area contributed by atoms with Crippen LogP contribution in [0.5, 0.6) is 0 Å². The maximum atomic E-state index is 9.48. The Labute approximate surface area is 79.7 Å². The van der Waals surface area contributed by atoms with Crippen molar-refractivity contribution in [1.29, 1.82) is 0 Å². The summed E-state index contributed by atoms with van der Waals surface area (Å²) < 4.78 is 5.31. The van der Waals surface area contributed by atoms with Crippen molar-refractivity contribution < 1.29 is 14.9 Å². The molecule has 3 heteroatoms. The number of hydrogen-bond acceptors (Lipinski definition) is 3. The topological polar surface area (TPSA) is 49.7 Å². The van der Waals surface area contributed by atoms with Crippen molar-refractivity contribution in [2.45, 2.75) is 52.1 Å². The van der Waals surface area contributed by atoms with Crippen molar-refractivity contribution in [1.82, 2.24) is 0 Å². The van der Waals surface area contributed by atoms with Crippen LogP contribution in [0.25, 0.3) is 0 Å². The molecule has 0 aromatic heterocycles. The molecule has 13 heavy (non-hydrogen) atoms. The third-order valence-electron chi connectivity index (χ3n) is 2.95. The molecular formula is C10H20O3. The summed E-state index contributed by atoms with van der Waals surface area (Å²) in [4.78, 5) is 0. The normalized spacial score (nSPS) is 42.2. The first kappa shape index (κ1) is 11.0. The van der Waals surface area contributed by atoms with Crippen molar-refractivity contribution in [3.63, 3.8) is 0 Å². The lowest BCUT2D eigenvalue weighted by molar-refractivity contribution is -0.135. The molecule has 1 heterocycles. The number of rotatable bonds is 3. The Morgan fingerprint density at radius 1 is 1.38 bits per heavy atom. The Hall–Kier alpha value is -0.120. The molecule has 5 atom stereocenters. The maximum Gasteiger partial charge on any atom is 0.181 e. The fourth-order valence-electron chi connectivity index (χ4n) is 2.09. The molecule has 1 unspecified atom stereocenters. The standard InChI is InChI=1S/C10H20O3/c1-4-5-6(2)9-7(3)8(11)10(12)13-9/h6-12H,4-5H2,1-3H3/t6-,7-,8+,9+,10?/m0/s1. The second kappa shape index (κ2) is 4.40. The van der Waals surface area contributed by atoms with Crippen LogP contribution in [0.1, 0.15) is 33.6 Å². The fraction of sp³-hybridized carbons (Fsp3) is 1.00. The molecule has 0 aliphatic carbocycles. The highest BCUT2D eigenvalue weighted by Crippen LogP contribution is 2.32. The van der Waals surface area contributed by atoms with Gasteiger partial charge in [0.1, 0.15) is 6.10 Å². The van der Waals surface area contributed by atoms with Gasteiger partial charge in [-0.3, -0.25) is 0 Å². The third-order valence-corrected chi connectivity index (χ3v) is 2.95. The maximum absolute atomic E-state index is 9.48. The summed E-state index contributed by atoms with van der Waals surface area (Å²) in [7, 11) is 0. The Morgan fingerprint density at radius 3 is 2.38 bits per heavy atom. The van der Waals surface area contributed by atoms with Gasteiger partial charge < -0.3 is 14.9 Å². The smallest absolute Gasteiger partial charge is 0.181 e. The minimum atomic E-state index is -0.987. The molecule has 2 N–H and O–H groups in total.